The van der Waals surface area contributed by atoms with Gasteiger partial charge >= 0.3 is 19.8 Å². The molecule has 3 N–H and O–H groups in total. The van der Waals surface area contributed by atoms with Gasteiger partial charge in [0.15, 0.2) is 6.10 Å². The molecule has 0 aromatic heterocycles. The van der Waals surface area contributed by atoms with Crippen molar-refractivity contribution in [2.75, 3.05) is 26.4 Å². The fraction of sp³-hybridized carbons (Fsp3) is 0.682. The van der Waals surface area contributed by atoms with E-state index in [1.54, 1.807) is 0 Å². The van der Waals surface area contributed by atoms with Crippen LogP contribution in [0.5, 0.6) is 0 Å². The van der Waals surface area contributed by atoms with Crippen LogP contribution in [-0.2, 0) is 32.7 Å². The van der Waals surface area contributed by atoms with Crippen molar-refractivity contribution in [1.82, 2.24) is 0 Å². The Labute approximate surface area is 333 Å². The summed E-state index contributed by atoms with van der Waals surface area (Å²) in [4.78, 5) is 34.9. The van der Waals surface area contributed by atoms with Gasteiger partial charge in [0.25, 0.3) is 0 Å². The van der Waals surface area contributed by atoms with Crippen molar-refractivity contribution < 1.29 is 47.8 Å². The summed E-state index contributed by atoms with van der Waals surface area (Å²) in [5.41, 5.74) is 0. The predicted octanol–water partition coefficient (Wildman–Crippen LogP) is 10.9. The summed E-state index contributed by atoms with van der Waals surface area (Å²) in [6, 6.07) is 0. The number of phosphoric acid groups is 1. The fourth-order valence-electron chi connectivity index (χ4n) is 5.14. The molecule has 0 aromatic carbocycles. The molecule has 0 aliphatic carbocycles. The Morgan fingerprint density at radius 2 is 1.02 bits per heavy atom. The maximum Gasteiger partial charge on any atom is 0.472 e. The molecule has 0 fully saturated rings. The zero-order valence-electron chi connectivity index (χ0n) is 34.1. The SMILES string of the molecule is CC/C=C/C/C=C/C/C=C/C/C=C/C/C=C/CCCC(=O)O[C@H](COC(=O)CCCCC/C=C/CCCCCCCCCC)COP(=O)(O)OC[C@@H](O)CO. The first-order valence-corrected chi connectivity index (χ1v) is 22.4. The van der Waals surface area contributed by atoms with Crippen molar-refractivity contribution in [2.24, 2.45) is 0 Å². The zero-order chi connectivity index (χ0) is 40.5. The van der Waals surface area contributed by atoms with Gasteiger partial charge in [0, 0.05) is 12.8 Å². The number of ether oxygens (including phenoxy) is 2. The Bertz CT molecular complexity index is 1140. The van der Waals surface area contributed by atoms with Gasteiger partial charge in [-0.25, -0.2) is 4.57 Å². The van der Waals surface area contributed by atoms with Crippen LogP contribution in [-0.4, -0.2) is 65.7 Å². The van der Waals surface area contributed by atoms with E-state index in [9.17, 15) is 24.2 Å². The molecule has 0 aliphatic heterocycles. The fourth-order valence-corrected chi connectivity index (χ4v) is 5.93. The first kappa shape index (κ1) is 52.4. The molecule has 3 atom stereocenters. The second-order valence-corrected chi connectivity index (χ2v) is 15.1. The summed E-state index contributed by atoms with van der Waals surface area (Å²) in [6.45, 7) is 2.16. The Kier molecular flexibility index (Phi) is 37.8. The molecular weight excluding hydrogens is 719 g/mol. The van der Waals surface area contributed by atoms with Gasteiger partial charge in [-0.05, 0) is 77.0 Å². The molecule has 0 heterocycles. The summed E-state index contributed by atoms with van der Waals surface area (Å²) in [7, 11) is -4.64. The number of allylic oxidation sites excluding steroid dienone is 12. The van der Waals surface area contributed by atoms with Gasteiger partial charge in [0.05, 0.1) is 19.8 Å². The van der Waals surface area contributed by atoms with Crippen LogP contribution >= 0.6 is 7.82 Å². The quantitative estimate of drug-likeness (QED) is 0.0239. The summed E-state index contributed by atoms with van der Waals surface area (Å²) < 4.78 is 32.6. The van der Waals surface area contributed by atoms with E-state index in [0.29, 0.717) is 19.3 Å². The number of rotatable bonds is 38. The normalized spacial score (nSPS) is 14.6. The van der Waals surface area contributed by atoms with Crippen LogP contribution < -0.4 is 0 Å². The molecule has 0 rings (SSSR count). The second kappa shape index (κ2) is 39.6. The van der Waals surface area contributed by atoms with Crippen molar-refractivity contribution in [2.45, 2.75) is 167 Å². The number of aliphatic hydroxyl groups is 2. The standard InChI is InChI=1S/C44H75O10P/c1-3-5-7-9-11-13-15-17-19-20-22-24-26-28-30-32-34-36-44(48)54-42(40-53-55(49,50)52-38-41(46)37-45)39-51-43(47)35-33-31-29-27-25-23-21-18-16-14-12-10-8-6-4-2/h5,7,11,13,17,19,22-25,28,30,41-42,45-46H,3-4,6,8-10,12,14-16,18,20-21,26-27,29,31-40H2,1-2H3,(H,49,50)/b7-5+,13-11+,19-17+,24-22+,25-23+,30-28+/t41-,42+/m0/s1. The van der Waals surface area contributed by atoms with E-state index in [-0.39, 0.29) is 19.4 Å². The number of unbranched alkanes of at least 4 members (excludes halogenated alkanes) is 12. The van der Waals surface area contributed by atoms with E-state index >= 15 is 0 Å². The first-order valence-electron chi connectivity index (χ1n) is 20.9. The lowest BCUT2D eigenvalue weighted by Crippen LogP contribution is -2.29. The number of esters is 2. The van der Waals surface area contributed by atoms with Gasteiger partial charge in [-0.1, -0.05) is 138 Å². The van der Waals surface area contributed by atoms with E-state index < -0.39 is 51.8 Å². The Morgan fingerprint density at radius 3 is 1.58 bits per heavy atom. The molecule has 0 radical (unpaired) electrons. The Hall–Kier alpha value is -2.59. The van der Waals surface area contributed by atoms with Crippen molar-refractivity contribution in [3.63, 3.8) is 0 Å². The molecule has 11 heteroatoms. The van der Waals surface area contributed by atoms with Crippen molar-refractivity contribution in [3.8, 4) is 0 Å². The van der Waals surface area contributed by atoms with Gasteiger partial charge < -0.3 is 24.6 Å². The van der Waals surface area contributed by atoms with E-state index in [0.717, 1.165) is 57.8 Å². The highest BCUT2D eigenvalue weighted by Gasteiger charge is 2.27. The van der Waals surface area contributed by atoms with E-state index in [4.69, 9.17) is 19.1 Å². The molecule has 0 amide bonds. The third kappa shape index (κ3) is 39.4. The van der Waals surface area contributed by atoms with Gasteiger partial charge in [-0.15, -0.1) is 0 Å². The van der Waals surface area contributed by atoms with Gasteiger partial charge in [-0.2, -0.15) is 0 Å². The van der Waals surface area contributed by atoms with Crippen LogP contribution in [0.3, 0.4) is 0 Å². The molecule has 1 unspecified atom stereocenters. The lowest BCUT2D eigenvalue weighted by molar-refractivity contribution is -0.161. The number of carbonyl (C=O) groups is 2. The smallest absolute Gasteiger partial charge is 0.462 e. The topological polar surface area (TPSA) is 149 Å². The third-order valence-corrected chi connectivity index (χ3v) is 9.30. The van der Waals surface area contributed by atoms with E-state index in [1.807, 2.05) is 12.2 Å². The highest BCUT2D eigenvalue weighted by atomic mass is 31.2. The Morgan fingerprint density at radius 1 is 0.564 bits per heavy atom. The largest absolute Gasteiger partial charge is 0.472 e. The maximum atomic E-state index is 12.6. The van der Waals surface area contributed by atoms with Gasteiger partial charge in [0.2, 0.25) is 0 Å². The monoisotopic (exact) mass is 795 g/mol. The molecule has 0 aromatic rings. The lowest BCUT2D eigenvalue weighted by Gasteiger charge is -2.20. The number of aliphatic hydroxyl groups excluding tert-OH is 2. The molecule has 0 saturated heterocycles. The van der Waals surface area contributed by atoms with E-state index in [2.05, 4.69) is 79.1 Å². The van der Waals surface area contributed by atoms with Crippen LogP contribution in [0.1, 0.15) is 155 Å². The highest BCUT2D eigenvalue weighted by Crippen LogP contribution is 2.43. The average Bonchev–Trinajstić information content (AvgIpc) is 3.17. The summed E-state index contributed by atoms with van der Waals surface area (Å²) in [5.74, 6) is -1.02. The molecule has 0 bridgehead atoms. The van der Waals surface area contributed by atoms with Crippen LogP contribution in [0.4, 0.5) is 0 Å². The lowest BCUT2D eigenvalue weighted by atomic mass is 10.1. The molecule has 55 heavy (non-hydrogen) atoms. The predicted molar refractivity (Wildman–Crippen MR) is 223 cm³/mol. The van der Waals surface area contributed by atoms with Gasteiger partial charge in [0.1, 0.15) is 12.7 Å². The first-order chi connectivity index (χ1) is 26.7. The van der Waals surface area contributed by atoms with Crippen molar-refractivity contribution in [3.05, 3.63) is 72.9 Å². The number of hydrogen-bond acceptors (Lipinski definition) is 9. The van der Waals surface area contributed by atoms with Crippen molar-refractivity contribution in [1.29, 1.82) is 0 Å². The maximum absolute atomic E-state index is 12.6. The zero-order valence-corrected chi connectivity index (χ0v) is 35.0. The number of carbonyl (C=O) groups excluding carboxylic acids is 2. The molecule has 0 aliphatic rings. The summed E-state index contributed by atoms with van der Waals surface area (Å²) in [6.07, 6.45) is 44.5. The minimum Gasteiger partial charge on any atom is -0.462 e. The number of phosphoric ester groups is 1. The Balaban J connectivity index is 4.46. The highest BCUT2D eigenvalue weighted by molar-refractivity contribution is 7.47. The average molecular weight is 795 g/mol. The number of hydrogen-bond donors (Lipinski definition) is 3. The third-order valence-electron chi connectivity index (χ3n) is 8.34. The minimum atomic E-state index is -4.64. The van der Waals surface area contributed by atoms with Crippen molar-refractivity contribution >= 4 is 19.8 Å². The van der Waals surface area contributed by atoms with E-state index in [1.165, 1.54) is 51.4 Å². The van der Waals surface area contributed by atoms with Crippen LogP contribution in [0.2, 0.25) is 0 Å². The minimum absolute atomic E-state index is 0.0995. The molecule has 0 spiro atoms. The van der Waals surface area contributed by atoms with Gasteiger partial charge in [-0.3, -0.25) is 18.6 Å². The van der Waals surface area contributed by atoms with Crippen LogP contribution in [0.25, 0.3) is 0 Å². The summed E-state index contributed by atoms with van der Waals surface area (Å²) >= 11 is 0. The molecule has 316 valence electrons. The molecule has 10 nitrogen and oxygen atoms in total. The second-order valence-electron chi connectivity index (χ2n) is 13.6. The summed E-state index contributed by atoms with van der Waals surface area (Å²) in [5, 5.41) is 18.3. The molecular formula is C44H75O10P. The van der Waals surface area contributed by atoms with Crippen LogP contribution in [0, 0.1) is 0 Å². The van der Waals surface area contributed by atoms with Crippen LogP contribution in [0.15, 0.2) is 72.9 Å². The molecule has 0 saturated carbocycles.